The lowest BCUT2D eigenvalue weighted by Crippen LogP contribution is -2.11. The van der Waals surface area contributed by atoms with Gasteiger partial charge in [-0.25, -0.2) is 4.79 Å². The van der Waals surface area contributed by atoms with Crippen molar-refractivity contribution in [2.45, 2.75) is 6.92 Å². The Balaban J connectivity index is 2.90. The van der Waals surface area contributed by atoms with Crippen LogP contribution >= 0.6 is 0 Å². The Bertz CT molecular complexity index is 182. The summed E-state index contributed by atoms with van der Waals surface area (Å²) in [6.45, 7) is 5.82. The van der Waals surface area contributed by atoms with Gasteiger partial charge in [0.15, 0.2) is 0 Å². The van der Waals surface area contributed by atoms with Crippen molar-refractivity contribution in [3.05, 3.63) is 0 Å². The topological polar surface area (TPSA) is 66.3 Å². The van der Waals surface area contributed by atoms with Gasteiger partial charge in [-0.3, -0.25) is 0 Å². The highest BCUT2D eigenvalue weighted by molar-refractivity contribution is 5.32. The Labute approximate surface area is 95.5 Å². The average Bonchev–Trinajstić information content (AvgIpc) is 2.31. The number of hydrogen-bond acceptors (Lipinski definition) is 6. The van der Waals surface area contributed by atoms with Crippen LogP contribution in [-0.2, 0) is 23.7 Å². The van der Waals surface area contributed by atoms with Crippen LogP contribution in [0.4, 0.5) is 0 Å². The molecule has 6 nitrogen and oxygen atoms in total. The van der Waals surface area contributed by atoms with E-state index in [1.54, 1.807) is 0 Å². The molecular weight excluding hydrogens is 214 g/mol. The van der Waals surface area contributed by atoms with Gasteiger partial charge >= 0.3 is 0 Å². The number of nitrogens with zero attached hydrogens (tertiary/aromatic N) is 1. The van der Waals surface area contributed by atoms with Crippen LogP contribution in [0, 0.1) is 0 Å². The molecule has 0 aliphatic rings. The normalized spacial score (nSPS) is 10.1. The predicted molar refractivity (Wildman–Crippen MR) is 57.1 cm³/mol. The van der Waals surface area contributed by atoms with Crippen LogP contribution < -0.4 is 0 Å². The maximum absolute atomic E-state index is 9.66. The summed E-state index contributed by atoms with van der Waals surface area (Å²) >= 11 is 0. The number of carbonyl (C=O) groups excluding carboxylic acids is 1. The van der Waals surface area contributed by atoms with Crippen LogP contribution in [0.5, 0.6) is 0 Å². The largest absolute Gasteiger partial charge is 0.379 e. The summed E-state index contributed by atoms with van der Waals surface area (Å²) in [5.74, 6) is 0. The van der Waals surface area contributed by atoms with E-state index >= 15 is 0 Å². The molecule has 0 saturated heterocycles. The second-order valence-corrected chi connectivity index (χ2v) is 2.71. The summed E-state index contributed by atoms with van der Waals surface area (Å²) in [7, 11) is 0. The van der Waals surface area contributed by atoms with E-state index in [9.17, 15) is 4.79 Å². The molecule has 0 unspecified atom stereocenters. The Hall–Kier alpha value is -0.780. The summed E-state index contributed by atoms with van der Waals surface area (Å²) in [4.78, 5) is 12.9. The fourth-order valence-corrected chi connectivity index (χ4v) is 0.839. The van der Waals surface area contributed by atoms with E-state index in [-0.39, 0.29) is 6.73 Å². The van der Waals surface area contributed by atoms with Gasteiger partial charge in [0.2, 0.25) is 6.08 Å². The Morgan fingerprint density at radius 1 is 0.875 bits per heavy atom. The monoisotopic (exact) mass is 233 g/mol. The van der Waals surface area contributed by atoms with E-state index in [1.165, 1.54) is 6.08 Å². The minimum Gasteiger partial charge on any atom is -0.379 e. The zero-order chi connectivity index (χ0) is 11.9. The van der Waals surface area contributed by atoms with Gasteiger partial charge < -0.3 is 18.9 Å². The van der Waals surface area contributed by atoms with Gasteiger partial charge in [-0.1, -0.05) is 0 Å². The Morgan fingerprint density at radius 3 is 1.88 bits per heavy atom. The van der Waals surface area contributed by atoms with Gasteiger partial charge in [0.25, 0.3) is 0 Å². The van der Waals surface area contributed by atoms with Crippen molar-refractivity contribution in [1.82, 2.24) is 0 Å². The summed E-state index contributed by atoms with van der Waals surface area (Å²) in [5.41, 5.74) is 0. The molecule has 0 amide bonds. The molecule has 0 aromatic carbocycles. The molecule has 0 atom stereocenters. The van der Waals surface area contributed by atoms with Gasteiger partial charge in [-0.05, 0) is 6.92 Å². The van der Waals surface area contributed by atoms with E-state index in [0.29, 0.717) is 46.2 Å². The van der Waals surface area contributed by atoms with Crippen LogP contribution in [0.2, 0.25) is 0 Å². The van der Waals surface area contributed by atoms with E-state index in [1.807, 2.05) is 6.92 Å². The molecule has 0 heterocycles. The summed E-state index contributed by atoms with van der Waals surface area (Å²) in [6, 6.07) is 0. The van der Waals surface area contributed by atoms with Crippen molar-refractivity contribution in [1.29, 1.82) is 0 Å². The van der Waals surface area contributed by atoms with Crippen molar-refractivity contribution < 1.29 is 23.7 Å². The second-order valence-electron chi connectivity index (χ2n) is 2.71. The lowest BCUT2D eigenvalue weighted by molar-refractivity contribution is 0.000382. The first-order valence-electron chi connectivity index (χ1n) is 5.26. The maximum atomic E-state index is 9.66. The van der Waals surface area contributed by atoms with E-state index in [2.05, 4.69) is 4.99 Å². The van der Waals surface area contributed by atoms with Crippen molar-refractivity contribution in [2.24, 2.45) is 4.99 Å². The third kappa shape index (κ3) is 13.2. The van der Waals surface area contributed by atoms with Crippen LogP contribution in [0.25, 0.3) is 0 Å². The lowest BCUT2D eigenvalue weighted by atomic mass is 10.7. The molecule has 0 aliphatic carbocycles. The molecular formula is C10H19NO5. The molecule has 94 valence electrons. The van der Waals surface area contributed by atoms with Crippen molar-refractivity contribution in [2.75, 3.05) is 53.0 Å². The Morgan fingerprint density at radius 2 is 1.38 bits per heavy atom. The van der Waals surface area contributed by atoms with Gasteiger partial charge in [-0.2, -0.15) is 4.99 Å². The van der Waals surface area contributed by atoms with Crippen molar-refractivity contribution >= 4 is 6.08 Å². The van der Waals surface area contributed by atoms with Crippen LogP contribution in [-0.4, -0.2) is 59.1 Å². The highest BCUT2D eigenvalue weighted by Crippen LogP contribution is 1.82. The third-order valence-corrected chi connectivity index (χ3v) is 1.54. The smallest absolute Gasteiger partial charge is 0.237 e. The van der Waals surface area contributed by atoms with Crippen molar-refractivity contribution in [3.63, 3.8) is 0 Å². The number of rotatable bonds is 12. The minimum absolute atomic E-state index is 0.0394. The summed E-state index contributed by atoms with van der Waals surface area (Å²) < 4.78 is 20.4. The zero-order valence-corrected chi connectivity index (χ0v) is 9.65. The molecule has 0 spiro atoms. The first kappa shape index (κ1) is 15.2. The van der Waals surface area contributed by atoms with E-state index < -0.39 is 0 Å². The first-order chi connectivity index (χ1) is 7.91. The van der Waals surface area contributed by atoms with E-state index in [0.717, 1.165) is 0 Å². The average molecular weight is 233 g/mol. The number of hydrogen-bond donors (Lipinski definition) is 0. The van der Waals surface area contributed by atoms with Gasteiger partial charge in [0, 0.05) is 6.61 Å². The second kappa shape index (κ2) is 14.2. The number of isocyanates is 1. The summed E-state index contributed by atoms with van der Waals surface area (Å²) in [5, 5.41) is 0. The van der Waals surface area contributed by atoms with Crippen LogP contribution in [0.3, 0.4) is 0 Å². The van der Waals surface area contributed by atoms with Gasteiger partial charge in [-0.15, -0.1) is 0 Å². The fourth-order valence-electron chi connectivity index (χ4n) is 0.839. The molecule has 0 saturated carbocycles. The molecule has 0 N–H and O–H groups in total. The molecule has 6 heteroatoms. The predicted octanol–water partition coefficient (Wildman–Crippen LogP) is 0.366. The molecule has 0 fully saturated rings. The molecule has 0 aliphatic heterocycles. The SMILES string of the molecule is CCOCCOCCOCCOCN=C=O. The number of ether oxygens (including phenoxy) is 4. The van der Waals surface area contributed by atoms with Gasteiger partial charge in [0.05, 0.1) is 39.6 Å². The quantitative estimate of drug-likeness (QED) is 0.277. The maximum Gasteiger partial charge on any atom is 0.237 e. The molecule has 16 heavy (non-hydrogen) atoms. The molecule has 0 radical (unpaired) electrons. The Kier molecular flexibility index (Phi) is 13.5. The lowest BCUT2D eigenvalue weighted by Gasteiger charge is -2.05. The summed E-state index contributed by atoms with van der Waals surface area (Å²) in [6.07, 6.45) is 1.38. The third-order valence-electron chi connectivity index (χ3n) is 1.54. The van der Waals surface area contributed by atoms with Crippen molar-refractivity contribution in [3.8, 4) is 0 Å². The molecule has 0 aromatic heterocycles. The standard InChI is InChI=1S/C10H19NO5/c1-2-13-3-4-14-5-6-15-7-8-16-10-11-9-12/h2-8,10H2,1H3. The van der Waals surface area contributed by atoms with Crippen LogP contribution in [0.1, 0.15) is 6.92 Å². The highest BCUT2D eigenvalue weighted by Gasteiger charge is 1.91. The zero-order valence-electron chi connectivity index (χ0n) is 9.65. The molecule has 0 bridgehead atoms. The number of aliphatic imine (C=N–C) groups is 1. The highest BCUT2D eigenvalue weighted by atomic mass is 16.6. The fraction of sp³-hybridized carbons (Fsp3) is 0.900. The van der Waals surface area contributed by atoms with Crippen LogP contribution in [0.15, 0.2) is 4.99 Å². The van der Waals surface area contributed by atoms with E-state index in [4.69, 9.17) is 18.9 Å². The first-order valence-corrected chi connectivity index (χ1v) is 5.26. The van der Waals surface area contributed by atoms with Gasteiger partial charge in [0.1, 0.15) is 6.73 Å². The molecule has 0 rings (SSSR count). The minimum atomic E-state index is 0.0394. The molecule has 0 aromatic rings.